The van der Waals surface area contributed by atoms with Crippen LogP contribution in [0, 0.1) is 23.2 Å². The molecule has 6 fully saturated rings. The average molecular weight is 314 g/mol. The van der Waals surface area contributed by atoms with Gasteiger partial charge in [-0.1, -0.05) is 18.2 Å². The zero-order valence-corrected chi connectivity index (χ0v) is 13.5. The molecule has 7 rings (SSSR count). The Morgan fingerprint density at radius 3 is 2.68 bits per heavy atom. The molecule has 6 saturated carbocycles. The second kappa shape index (κ2) is 4.39. The van der Waals surface area contributed by atoms with Crippen LogP contribution in [0.5, 0.6) is 0 Å². The van der Waals surface area contributed by atoms with E-state index >= 15 is 0 Å². The number of benzene rings is 1. The molecule has 1 aromatic rings. The van der Waals surface area contributed by atoms with E-state index in [1.165, 1.54) is 0 Å². The van der Waals surface area contributed by atoms with E-state index in [0.29, 0.717) is 17.6 Å². The standard InChI is InChI=1S/C19H22O2S/c20-16-12-6-8-18-9-7-13(11-14(18)10-12)17(21)19(16,18)22-15-4-2-1-3-5-15/h1-5,12-14,16,20H,6-11H2. The van der Waals surface area contributed by atoms with Crippen LogP contribution in [0.4, 0.5) is 0 Å². The maximum atomic E-state index is 13.3. The highest BCUT2D eigenvalue weighted by Gasteiger charge is 2.75. The lowest BCUT2D eigenvalue weighted by atomic mass is 9.38. The van der Waals surface area contributed by atoms with Crippen molar-refractivity contribution in [2.24, 2.45) is 23.2 Å². The minimum atomic E-state index is -0.554. The van der Waals surface area contributed by atoms with Gasteiger partial charge in [0, 0.05) is 10.8 Å². The lowest BCUT2D eigenvalue weighted by Crippen LogP contribution is -2.75. The normalized spacial score (nSPS) is 48.7. The Morgan fingerprint density at radius 2 is 1.86 bits per heavy atom. The van der Waals surface area contributed by atoms with E-state index in [9.17, 15) is 9.90 Å². The monoisotopic (exact) mass is 314 g/mol. The molecule has 0 amide bonds. The maximum Gasteiger partial charge on any atom is 0.155 e. The van der Waals surface area contributed by atoms with Gasteiger partial charge in [0.2, 0.25) is 0 Å². The molecule has 0 aromatic heterocycles. The van der Waals surface area contributed by atoms with Crippen LogP contribution in [-0.4, -0.2) is 21.7 Å². The number of thioether (sulfide) groups is 1. The second-order valence-electron chi connectivity index (χ2n) is 7.82. The third kappa shape index (κ3) is 1.41. The van der Waals surface area contributed by atoms with Gasteiger partial charge in [0.25, 0.3) is 0 Å². The van der Waals surface area contributed by atoms with Crippen LogP contribution in [0.2, 0.25) is 0 Å². The third-order valence-electron chi connectivity index (χ3n) is 7.20. The van der Waals surface area contributed by atoms with Gasteiger partial charge < -0.3 is 5.11 Å². The second-order valence-corrected chi connectivity index (χ2v) is 9.14. The van der Waals surface area contributed by atoms with Gasteiger partial charge >= 0.3 is 0 Å². The first-order chi connectivity index (χ1) is 10.7. The third-order valence-corrected chi connectivity index (χ3v) is 8.88. The summed E-state index contributed by atoms with van der Waals surface area (Å²) in [5.74, 6) is 1.59. The van der Waals surface area contributed by atoms with Crippen molar-refractivity contribution in [1.82, 2.24) is 0 Å². The van der Waals surface area contributed by atoms with Crippen LogP contribution >= 0.6 is 11.8 Å². The number of fused-ring (bicyclic) bond motifs is 2. The molecular weight excluding hydrogens is 292 g/mol. The summed E-state index contributed by atoms with van der Waals surface area (Å²) in [6.07, 6.45) is 6.28. The van der Waals surface area contributed by atoms with Crippen molar-refractivity contribution in [2.75, 3.05) is 0 Å². The molecule has 1 aromatic carbocycles. The summed E-state index contributed by atoms with van der Waals surface area (Å²) in [6, 6.07) is 10.3. The fourth-order valence-electron chi connectivity index (χ4n) is 6.31. The molecule has 2 nitrogen and oxygen atoms in total. The van der Waals surface area contributed by atoms with E-state index in [1.807, 2.05) is 18.2 Å². The van der Waals surface area contributed by atoms with Crippen molar-refractivity contribution in [2.45, 2.75) is 54.3 Å². The first-order valence-corrected chi connectivity index (χ1v) is 9.45. The fraction of sp³-hybridized carbons (Fsp3) is 0.632. The molecule has 5 bridgehead atoms. The molecule has 0 heterocycles. The number of Topliss-reactive ketones (excluding diaryl/α,β-unsaturated/α-hetero) is 1. The van der Waals surface area contributed by atoms with Crippen molar-refractivity contribution in [3.8, 4) is 0 Å². The fourth-order valence-corrected chi connectivity index (χ4v) is 8.13. The van der Waals surface area contributed by atoms with Crippen molar-refractivity contribution in [3.05, 3.63) is 30.3 Å². The molecule has 6 aliphatic carbocycles. The van der Waals surface area contributed by atoms with E-state index in [4.69, 9.17) is 0 Å². The summed E-state index contributed by atoms with van der Waals surface area (Å²) in [6.45, 7) is 0. The average Bonchev–Trinajstić information content (AvgIpc) is 2.56. The summed E-state index contributed by atoms with van der Waals surface area (Å²) < 4.78 is -0.554. The summed E-state index contributed by atoms with van der Waals surface area (Å²) in [5, 5.41) is 11.2. The zero-order chi connectivity index (χ0) is 14.9. The van der Waals surface area contributed by atoms with E-state index in [2.05, 4.69) is 12.1 Å². The van der Waals surface area contributed by atoms with Gasteiger partial charge in [0.15, 0.2) is 5.78 Å². The molecule has 0 radical (unpaired) electrons. The van der Waals surface area contributed by atoms with Gasteiger partial charge in [-0.05, 0) is 67.9 Å². The number of carbonyl (C=O) groups is 1. The minimum absolute atomic E-state index is 0.0630. The topological polar surface area (TPSA) is 37.3 Å². The van der Waals surface area contributed by atoms with Gasteiger partial charge in [-0.15, -0.1) is 11.8 Å². The highest BCUT2D eigenvalue weighted by molar-refractivity contribution is 8.01. The highest BCUT2D eigenvalue weighted by atomic mass is 32.2. The molecule has 0 saturated heterocycles. The maximum absolute atomic E-state index is 13.3. The lowest BCUT2D eigenvalue weighted by Gasteiger charge is -2.71. The summed E-state index contributed by atoms with van der Waals surface area (Å²) in [7, 11) is 0. The molecule has 1 N–H and O–H groups in total. The predicted octanol–water partition coefficient (Wildman–Crippen LogP) is 3.68. The Hall–Kier alpha value is -0.800. The van der Waals surface area contributed by atoms with Crippen molar-refractivity contribution >= 4 is 17.5 Å². The zero-order valence-electron chi connectivity index (χ0n) is 12.7. The van der Waals surface area contributed by atoms with Crippen LogP contribution in [0.3, 0.4) is 0 Å². The largest absolute Gasteiger partial charge is 0.391 e. The number of aliphatic hydroxyl groups is 1. The molecule has 116 valence electrons. The smallest absolute Gasteiger partial charge is 0.155 e. The highest BCUT2D eigenvalue weighted by Crippen LogP contribution is 2.73. The lowest BCUT2D eigenvalue weighted by molar-refractivity contribution is -0.192. The van der Waals surface area contributed by atoms with E-state index in [0.717, 1.165) is 43.4 Å². The van der Waals surface area contributed by atoms with E-state index < -0.39 is 10.9 Å². The molecular formula is C19H22O2S. The Balaban J connectivity index is 1.68. The van der Waals surface area contributed by atoms with Crippen LogP contribution in [0.1, 0.15) is 38.5 Å². The van der Waals surface area contributed by atoms with Crippen molar-refractivity contribution in [1.29, 1.82) is 0 Å². The van der Waals surface area contributed by atoms with Gasteiger partial charge in [0.1, 0.15) is 4.75 Å². The number of hydrogen-bond donors (Lipinski definition) is 1. The van der Waals surface area contributed by atoms with E-state index in [-0.39, 0.29) is 11.3 Å². The molecule has 6 aliphatic rings. The molecule has 0 aliphatic heterocycles. The Bertz CT molecular complexity index is 626. The first-order valence-electron chi connectivity index (χ1n) is 8.64. The van der Waals surface area contributed by atoms with Crippen molar-refractivity contribution < 1.29 is 9.90 Å². The Morgan fingerprint density at radius 1 is 1.09 bits per heavy atom. The number of carbonyl (C=O) groups excluding carboxylic acids is 1. The van der Waals surface area contributed by atoms with Gasteiger partial charge in [-0.25, -0.2) is 0 Å². The number of ketones is 1. The van der Waals surface area contributed by atoms with Gasteiger partial charge in [-0.3, -0.25) is 4.79 Å². The number of hydrogen-bond acceptors (Lipinski definition) is 3. The van der Waals surface area contributed by atoms with Crippen LogP contribution in [-0.2, 0) is 4.79 Å². The summed E-state index contributed by atoms with van der Waals surface area (Å²) in [4.78, 5) is 14.5. The number of rotatable bonds is 2. The van der Waals surface area contributed by atoms with Gasteiger partial charge in [-0.2, -0.15) is 0 Å². The SMILES string of the molecule is O=C1C2CCC34CCC(CC3C2)C(O)C14Sc1ccccc1. The molecule has 3 heteroatoms. The van der Waals surface area contributed by atoms with Crippen LogP contribution in [0.15, 0.2) is 35.2 Å². The van der Waals surface area contributed by atoms with E-state index in [1.54, 1.807) is 11.8 Å². The van der Waals surface area contributed by atoms with Crippen molar-refractivity contribution in [3.63, 3.8) is 0 Å². The molecule has 22 heavy (non-hydrogen) atoms. The molecule has 1 spiro atoms. The molecule has 6 unspecified atom stereocenters. The summed E-state index contributed by atoms with van der Waals surface area (Å²) in [5.41, 5.74) is 0.0630. The Kier molecular flexibility index (Phi) is 2.72. The predicted molar refractivity (Wildman–Crippen MR) is 86.6 cm³/mol. The number of aliphatic hydroxyl groups excluding tert-OH is 1. The van der Waals surface area contributed by atoms with Crippen LogP contribution in [0.25, 0.3) is 0 Å². The Labute approximate surface area is 135 Å². The summed E-state index contributed by atoms with van der Waals surface area (Å²) >= 11 is 1.70. The first kappa shape index (κ1) is 13.6. The molecule has 6 atom stereocenters. The quantitative estimate of drug-likeness (QED) is 0.905. The minimum Gasteiger partial charge on any atom is -0.391 e. The van der Waals surface area contributed by atoms with Crippen LogP contribution < -0.4 is 0 Å². The van der Waals surface area contributed by atoms with Gasteiger partial charge in [0.05, 0.1) is 6.10 Å².